The van der Waals surface area contributed by atoms with Gasteiger partial charge in [-0.05, 0) is 66.5 Å². The molecular weight excluding hydrogens is 600 g/mol. The highest BCUT2D eigenvalue weighted by atomic mass is 16.5. The second kappa shape index (κ2) is 16.8. The average molecular weight is 657 g/mol. The predicted octanol–water partition coefficient (Wildman–Crippen LogP) is 7.33. The molecule has 8 heteroatoms. The number of carbonyl (C=O) groups is 1. The van der Waals surface area contributed by atoms with E-state index in [1.165, 1.54) is 11.1 Å². The number of carbonyl (C=O) groups excluding carboxylic acids is 1. The summed E-state index contributed by atoms with van der Waals surface area (Å²) in [6.45, 7) is 5.20. The first-order valence-electron chi connectivity index (χ1n) is 18.3. The van der Waals surface area contributed by atoms with E-state index >= 15 is 0 Å². The third kappa shape index (κ3) is 8.39. The number of phenols is 1. The number of phenolic OH excluding ortho intramolecular Hbond substituents is 1. The number of hydrogen-bond acceptors (Lipinski definition) is 8. The lowest BCUT2D eigenvalue weighted by atomic mass is 9.70. The number of fused-ring (bicyclic) bond motifs is 1. The lowest BCUT2D eigenvalue weighted by molar-refractivity contribution is -0.126. The van der Waals surface area contributed by atoms with Crippen LogP contribution in [0.25, 0.3) is 0 Å². The molecule has 2 atom stereocenters. The fourth-order valence-corrected chi connectivity index (χ4v) is 7.75. The van der Waals surface area contributed by atoms with Crippen molar-refractivity contribution in [2.75, 3.05) is 13.3 Å². The zero-order valence-corrected chi connectivity index (χ0v) is 29.0. The van der Waals surface area contributed by atoms with Crippen LogP contribution in [0.2, 0.25) is 0 Å². The summed E-state index contributed by atoms with van der Waals surface area (Å²) in [7, 11) is 0. The molecule has 0 radical (unpaired) electrons. The van der Waals surface area contributed by atoms with Crippen molar-refractivity contribution >= 4 is 11.5 Å². The van der Waals surface area contributed by atoms with E-state index in [1.54, 1.807) is 6.07 Å². The first-order valence-corrected chi connectivity index (χ1v) is 18.3. The van der Waals surface area contributed by atoms with Crippen molar-refractivity contribution in [3.63, 3.8) is 0 Å². The summed E-state index contributed by atoms with van der Waals surface area (Å²) in [4.78, 5) is 20.3. The minimum Gasteiger partial charge on any atom is -0.504 e. The molecule has 260 valence electrons. The lowest BCUT2D eigenvalue weighted by Gasteiger charge is -2.32. The number of benzene rings is 2. The van der Waals surface area contributed by atoms with Crippen LogP contribution in [-0.4, -0.2) is 46.0 Å². The summed E-state index contributed by atoms with van der Waals surface area (Å²) >= 11 is 0. The summed E-state index contributed by atoms with van der Waals surface area (Å²) in [5, 5.41) is 21.5. The van der Waals surface area contributed by atoms with Gasteiger partial charge in [-0.1, -0.05) is 95.5 Å². The van der Waals surface area contributed by atoms with Crippen LogP contribution in [0.3, 0.4) is 0 Å². The monoisotopic (exact) mass is 656 g/mol. The second-order valence-electron chi connectivity index (χ2n) is 14.1. The number of nitrogens with zero attached hydrogens (tertiary/aromatic N) is 2. The minimum absolute atomic E-state index is 0.0711. The third-order valence-electron chi connectivity index (χ3n) is 10.6. The molecule has 0 bridgehead atoms. The number of nitrogens with two attached hydrogens (primary N) is 2. The first kappa shape index (κ1) is 35.8. The summed E-state index contributed by atoms with van der Waals surface area (Å²) in [6.07, 6.45) is 16.1. The van der Waals surface area contributed by atoms with E-state index < -0.39 is 12.3 Å². The summed E-state index contributed by atoms with van der Waals surface area (Å²) < 4.78 is 6.16. The number of unbranched alkanes of at least 4 members (excludes halogenated alkanes) is 4. The molecule has 0 saturated heterocycles. The molecule has 2 unspecified atom stereocenters. The standard InChI is InChI=1S/C40H56N4O4/c1-3-5-7-14-31(35(45)15-8-6-4-2)36(46)18-16-28-17-19-37(47)38(22-28)48-27-44-25-32-33(24-43-34(32)26-44)40(20-9-10-21-40)30-13-11-12-29(23-30)39(41)42/h11-13,17,19,22-25,31,35,39,45,47H,3-10,14-16,18,20-21,26-27,41-42H2,1-2H3. The van der Waals surface area contributed by atoms with Gasteiger partial charge in [-0.15, -0.1) is 0 Å². The number of hydrogen-bond donors (Lipinski definition) is 4. The van der Waals surface area contributed by atoms with Gasteiger partial charge in [0.25, 0.3) is 0 Å². The zero-order chi connectivity index (χ0) is 34.1. The summed E-state index contributed by atoms with van der Waals surface area (Å²) in [6, 6.07) is 13.7. The number of aryl methyl sites for hydroxylation is 1. The Labute approximate surface area is 287 Å². The van der Waals surface area contributed by atoms with Crippen LogP contribution in [0.15, 0.2) is 71.0 Å². The molecule has 2 aromatic rings. The largest absolute Gasteiger partial charge is 0.504 e. The van der Waals surface area contributed by atoms with Crippen LogP contribution in [0.5, 0.6) is 11.5 Å². The fraction of sp³-hybridized carbons (Fsp3) is 0.550. The van der Waals surface area contributed by atoms with Gasteiger partial charge < -0.3 is 31.3 Å². The van der Waals surface area contributed by atoms with Crippen molar-refractivity contribution < 1.29 is 19.7 Å². The molecule has 2 heterocycles. The van der Waals surface area contributed by atoms with Crippen molar-refractivity contribution in [1.29, 1.82) is 0 Å². The van der Waals surface area contributed by atoms with Gasteiger partial charge in [-0.25, -0.2) is 0 Å². The van der Waals surface area contributed by atoms with Crippen LogP contribution in [0, 0.1) is 5.92 Å². The zero-order valence-electron chi connectivity index (χ0n) is 29.0. The maximum atomic E-state index is 13.3. The van der Waals surface area contributed by atoms with Crippen molar-refractivity contribution in [2.45, 2.75) is 121 Å². The van der Waals surface area contributed by atoms with E-state index in [0.717, 1.165) is 93.0 Å². The Balaban J connectivity index is 1.21. The number of aromatic hydroxyl groups is 1. The fourth-order valence-electron chi connectivity index (χ4n) is 7.75. The van der Waals surface area contributed by atoms with Gasteiger partial charge in [0.05, 0.1) is 24.5 Å². The highest BCUT2D eigenvalue weighted by molar-refractivity contribution is 6.10. The van der Waals surface area contributed by atoms with Crippen molar-refractivity contribution in [3.05, 3.63) is 82.7 Å². The Kier molecular flexibility index (Phi) is 12.5. The van der Waals surface area contributed by atoms with E-state index in [0.29, 0.717) is 31.6 Å². The van der Waals surface area contributed by atoms with Crippen LogP contribution in [-0.2, 0) is 16.6 Å². The smallest absolute Gasteiger partial charge is 0.163 e. The molecule has 3 aliphatic rings. The van der Waals surface area contributed by atoms with Gasteiger partial charge in [0.1, 0.15) is 5.78 Å². The number of ether oxygens (including phenoxy) is 1. The second-order valence-corrected chi connectivity index (χ2v) is 14.1. The number of Topliss-reactive ketones (excluding diaryl/α,β-unsaturated/α-hetero) is 1. The molecule has 2 aliphatic heterocycles. The van der Waals surface area contributed by atoms with E-state index in [2.05, 4.69) is 49.3 Å². The Morgan fingerprint density at radius 1 is 1.02 bits per heavy atom. The number of aliphatic hydroxyl groups excluding tert-OH is 1. The third-order valence-corrected chi connectivity index (χ3v) is 10.6. The maximum absolute atomic E-state index is 13.3. The van der Waals surface area contributed by atoms with Crippen LogP contribution >= 0.6 is 0 Å². The number of allylic oxidation sites excluding steroid dienone is 1. The van der Waals surface area contributed by atoms with Gasteiger partial charge in [-0.3, -0.25) is 9.79 Å². The molecule has 48 heavy (non-hydrogen) atoms. The molecule has 0 spiro atoms. The molecule has 0 amide bonds. The molecule has 2 aromatic carbocycles. The number of aliphatic imine (C=N–C) groups is 1. The van der Waals surface area contributed by atoms with E-state index in [9.17, 15) is 15.0 Å². The van der Waals surface area contributed by atoms with Gasteiger partial charge in [0.2, 0.25) is 0 Å². The number of ketones is 1. The Morgan fingerprint density at radius 2 is 1.77 bits per heavy atom. The van der Waals surface area contributed by atoms with Crippen LogP contribution < -0.4 is 16.2 Å². The van der Waals surface area contributed by atoms with Crippen LogP contribution in [0.1, 0.15) is 120 Å². The van der Waals surface area contributed by atoms with Gasteiger partial charge in [0.15, 0.2) is 18.2 Å². The van der Waals surface area contributed by atoms with Crippen molar-refractivity contribution in [1.82, 2.24) is 4.90 Å². The SMILES string of the molecule is CCCCCC(O)C(CCCCC)C(=O)CCc1ccc(O)c(OCN2C=C3C(C4(c5cccc(C(N)N)c5)CCCC4)=CN=C3C2)c1. The highest BCUT2D eigenvalue weighted by Crippen LogP contribution is 2.51. The molecule has 8 nitrogen and oxygen atoms in total. The Hall–Kier alpha value is -3.46. The maximum Gasteiger partial charge on any atom is 0.163 e. The topological polar surface area (TPSA) is 134 Å². The molecule has 0 aromatic heterocycles. The number of aliphatic hydroxyl groups is 1. The van der Waals surface area contributed by atoms with Gasteiger partial charge in [-0.2, -0.15) is 0 Å². The van der Waals surface area contributed by atoms with Gasteiger partial charge >= 0.3 is 0 Å². The number of rotatable bonds is 19. The summed E-state index contributed by atoms with van der Waals surface area (Å²) in [5.74, 6) is 0.288. The normalized spacial score (nSPS) is 18.0. The molecule has 1 saturated carbocycles. The Morgan fingerprint density at radius 3 is 2.50 bits per heavy atom. The lowest BCUT2D eigenvalue weighted by Crippen LogP contribution is -2.28. The molecular formula is C40H56N4O4. The Bertz CT molecular complexity index is 1490. The summed E-state index contributed by atoms with van der Waals surface area (Å²) in [5.41, 5.74) is 18.5. The molecule has 1 fully saturated rings. The highest BCUT2D eigenvalue weighted by Gasteiger charge is 2.44. The van der Waals surface area contributed by atoms with Crippen molar-refractivity contribution in [3.8, 4) is 11.5 Å². The predicted molar refractivity (Wildman–Crippen MR) is 193 cm³/mol. The molecule has 1 aliphatic carbocycles. The van der Waals surface area contributed by atoms with Gasteiger partial charge in [0, 0.05) is 35.7 Å². The molecule has 5 rings (SSSR count). The van der Waals surface area contributed by atoms with Crippen molar-refractivity contribution in [2.24, 2.45) is 22.4 Å². The van der Waals surface area contributed by atoms with Crippen LogP contribution in [0.4, 0.5) is 0 Å². The minimum atomic E-state index is -0.577. The first-order chi connectivity index (χ1) is 23.3. The van der Waals surface area contributed by atoms with E-state index in [4.69, 9.17) is 21.2 Å². The van der Waals surface area contributed by atoms with E-state index in [-0.39, 0.29) is 29.6 Å². The average Bonchev–Trinajstić information content (AvgIpc) is 3.83. The van der Waals surface area contributed by atoms with E-state index in [1.807, 2.05) is 18.2 Å². The molecule has 6 N–H and O–H groups in total. The quantitative estimate of drug-likeness (QED) is 0.0919.